The van der Waals surface area contributed by atoms with Crippen molar-refractivity contribution in [2.45, 2.75) is 45.4 Å². The van der Waals surface area contributed by atoms with Crippen LogP contribution in [0.25, 0.3) is 16.7 Å². The van der Waals surface area contributed by atoms with Gasteiger partial charge in [0.2, 0.25) is 5.95 Å². The monoisotopic (exact) mass is 501 g/mol. The zero-order valence-electron chi connectivity index (χ0n) is 21.2. The van der Waals surface area contributed by atoms with E-state index in [1.165, 1.54) is 0 Å². The number of benzene rings is 1. The van der Waals surface area contributed by atoms with Gasteiger partial charge in [-0.05, 0) is 44.9 Å². The summed E-state index contributed by atoms with van der Waals surface area (Å²) in [5, 5.41) is 28.5. The molecule has 2 fully saturated rings. The van der Waals surface area contributed by atoms with E-state index in [2.05, 4.69) is 25.0 Å². The first-order valence-corrected chi connectivity index (χ1v) is 12.7. The third kappa shape index (κ3) is 4.41. The number of nitrogens with one attached hydrogen (secondary N) is 1. The Morgan fingerprint density at radius 2 is 1.89 bits per heavy atom. The molecule has 192 valence electrons. The molecule has 10 nitrogen and oxygen atoms in total. The summed E-state index contributed by atoms with van der Waals surface area (Å²) in [6, 6.07) is 7.79. The number of hydrogen-bond donors (Lipinski definition) is 3. The van der Waals surface area contributed by atoms with Gasteiger partial charge in [0.15, 0.2) is 11.6 Å². The van der Waals surface area contributed by atoms with Crippen molar-refractivity contribution in [1.82, 2.24) is 29.2 Å². The molecule has 1 aliphatic carbocycles. The second-order valence-corrected chi connectivity index (χ2v) is 10.3. The van der Waals surface area contributed by atoms with E-state index in [4.69, 9.17) is 0 Å². The molecule has 0 radical (unpaired) electrons. The number of aliphatic hydroxyl groups is 2. The van der Waals surface area contributed by atoms with E-state index in [0.717, 1.165) is 51.9 Å². The van der Waals surface area contributed by atoms with Gasteiger partial charge in [-0.3, -0.25) is 9.69 Å². The van der Waals surface area contributed by atoms with Crippen LogP contribution in [0, 0.1) is 19.8 Å². The first-order valence-electron chi connectivity index (χ1n) is 12.7. The van der Waals surface area contributed by atoms with Crippen LogP contribution >= 0.6 is 0 Å². The van der Waals surface area contributed by atoms with Gasteiger partial charge in [0.1, 0.15) is 0 Å². The van der Waals surface area contributed by atoms with Gasteiger partial charge >= 0.3 is 0 Å². The van der Waals surface area contributed by atoms with Crippen LogP contribution in [0.5, 0.6) is 0 Å². The highest BCUT2D eigenvalue weighted by Crippen LogP contribution is 2.37. The highest BCUT2D eigenvalue weighted by molar-refractivity contribution is 6.11. The fourth-order valence-electron chi connectivity index (χ4n) is 5.16. The molecule has 0 amide bonds. The lowest BCUT2D eigenvalue weighted by Gasteiger charge is -2.13. The second-order valence-electron chi connectivity index (χ2n) is 10.3. The maximum Gasteiger partial charge on any atom is 0.229 e. The van der Waals surface area contributed by atoms with Crippen LogP contribution in [0.4, 0.5) is 11.6 Å². The Labute approximate surface area is 214 Å². The van der Waals surface area contributed by atoms with Crippen LogP contribution in [0.2, 0.25) is 0 Å². The molecule has 0 bridgehead atoms. The third-order valence-electron chi connectivity index (χ3n) is 7.55. The SMILES string of the molecule is Cc1nn(-c2ccnc(Nc3ccc4c(c3)c(C(=O)C3CC3)c(C)n4C)n2)cc1CN1CC(O)C(O)C1. The van der Waals surface area contributed by atoms with Crippen molar-refractivity contribution in [3.63, 3.8) is 0 Å². The van der Waals surface area contributed by atoms with Crippen molar-refractivity contribution in [2.24, 2.45) is 13.0 Å². The summed E-state index contributed by atoms with van der Waals surface area (Å²) >= 11 is 0. The molecule has 4 heterocycles. The Morgan fingerprint density at radius 3 is 2.62 bits per heavy atom. The quantitative estimate of drug-likeness (QED) is 0.331. The summed E-state index contributed by atoms with van der Waals surface area (Å²) in [7, 11) is 2.00. The molecule has 1 aliphatic heterocycles. The molecule has 1 saturated carbocycles. The molecule has 1 aromatic carbocycles. The maximum absolute atomic E-state index is 13.0. The van der Waals surface area contributed by atoms with Crippen molar-refractivity contribution in [2.75, 3.05) is 18.4 Å². The molecule has 2 unspecified atom stereocenters. The number of hydrogen-bond acceptors (Lipinski definition) is 8. The highest BCUT2D eigenvalue weighted by Gasteiger charge is 2.33. The normalized spacial score (nSPS) is 20.1. The number of Topliss-reactive ketones (excluding diaryl/α,β-unsaturated/α-hetero) is 1. The van der Waals surface area contributed by atoms with Gasteiger partial charge in [0.05, 0.1) is 17.9 Å². The van der Waals surface area contributed by atoms with Gasteiger partial charge in [0.25, 0.3) is 0 Å². The molecule has 4 aromatic rings. The summed E-state index contributed by atoms with van der Waals surface area (Å²) in [6.07, 6.45) is 4.13. The zero-order valence-corrected chi connectivity index (χ0v) is 21.2. The van der Waals surface area contributed by atoms with Gasteiger partial charge in [-0.1, -0.05) is 0 Å². The fraction of sp³-hybridized carbons (Fsp3) is 0.407. The van der Waals surface area contributed by atoms with E-state index in [1.54, 1.807) is 16.9 Å². The third-order valence-corrected chi connectivity index (χ3v) is 7.55. The summed E-state index contributed by atoms with van der Waals surface area (Å²) in [6.45, 7) is 5.41. The predicted molar refractivity (Wildman–Crippen MR) is 139 cm³/mol. The number of aryl methyl sites for hydroxylation is 2. The van der Waals surface area contributed by atoms with Crippen LogP contribution < -0.4 is 5.32 Å². The summed E-state index contributed by atoms with van der Waals surface area (Å²) < 4.78 is 3.80. The standard InChI is InChI=1S/C27H31N7O3/c1-15-18(11-33-13-22(35)23(36)14-33)12-34(31-15)24-8-9-28-27(30-24)29-19-6-7-21-20(10-19)25(16(2)32(21)3)26(37)17-4-5-17/h6-10,12,17,22-23,35-36H,4-5,11,13-14H2,1-3H3,(H,28,29,30). The molecule has 37 heavy (non-hydrogen) atoms. The zero-order chi connectivity index (χ0) is 25.8. The number of rotatable bonds is 7. The van der Waals surface area contributed by atoms with Crippen molar-refractivity contribution in [1.29, 1.82) is 0 Å². The Bertz CT molecular complexity index is 1490. The van der Waals surface area contributed by atoms with Crippen LogP contribution in [-0.4, -0.2) is 70.5 Å². The molecule has 0 spiro atoms. The van der Waals surface area contributed by atoms with Crippen molar-refractivity contribution in [3.8, 4) is 5.82 Å². The van der Waals surface area contributed by atoms with Crippen LogP contribution in [0.1, 0.15) is 40.2 Å². The molecule has 3 N–H and O–H groups in total. The first kappa shape index (κ1) is 23.8. The molecule has 6 rings (SSSR count). The number of fused-ring (bicyclic) bond motifs is 1. The second kappa shape index (κ2) is 9.05. The van der Waals surface area contributed by atoms with E-state index in [9.17, 15) is 15.0 Å². The number of carbonyl (C=O) groups excluding carboxylic acids is 1. The molecule has 2 atom stereocenters. The van der Waals surface area contributed by atoms with Crippen LogP contribution in [-0.2, 0) is 13.6 Å². The Morgan fingerprint density at radius 1 is 1.14 bits per heavy atom. The number of ketones is 1. The van der Waals surface area contributed by atoms with E-state index in [1.807, 2.05) is 50.2 Å². The molecule has 10 heteroatoms. The van der Waals surface area contributed by atoms with Crippen molar-refractivity contribution in [3.05, 3.63) is 59.2 Å². The topological polar surface area (TPSA) is 121 Å². The summed E-state index contributed by atoms with van der Waals surface area (Å²) in [5.41, 5.74) is 5.51. The van der Waals surface area contributed by atoms with E-state index in [-0.39, 0.29) is 11.7 Å². The van der Waals surface area contributed by atoms with Crippen LogP contribution in [0.3, 0.4) is 0 Å². The molecular weight excluding hydrogens is 470 g/mol. The van der Waals surface area contributed by atoms with Gasteiger partial charge in [-0.25, -0.2) is 9.67 Å². The molecule has 1 saturated heterocycles. The summed E-state index contributed by atoms with van der Waals surface area (Å²) in [4.78, 5) is 24.1. The Kier molecular flexibility index (Phi) is 5.82. The number of aromatic nitrogens is 5. The van der Waals surface area contributed by atoms with Crippen molar-refractivity contribution < 1.29 is 15.0 Å². The molecule has 3 aromatic heterocycles. The van der Waals surface area contributed by atoms with E-state index < -0.39 is 12.2 Å². The molecular formula is C27H31N7O3. The fourth-order valence-corrected chi connectivity index (χ4v) is 5.16. The van der Waals surface area contributed by atoms with Gasteiger partial charge in [-0.2, -0.15) is 10.1 Å². The first-order chi connectivity index (χ1) is 17.8. The number of nitrogens with zero attached hydrogens (tertiary/aromatic N) is 6. The van der Waals surface area contributed by atoms with Gasteiger partial charge in [-0.15, -0.1) is 0 Å². The van der Waals surface area contributed by atoms with E-state index in [0.29, 0.717) is 31.4 Å². The smallest absolute Gasteiger partial charge is 0.229 e. The Balaban J connectivity index is 1.25. The Hall–Kier alpha value is -3.60. The van der Waals surface area contributed by atoms with Crippen LogP contribution in [0.15, 0.2) is 36.7 Å². The van der Waals surface area contributed by atoms with Gasteiger partial charge < -0.3 is 20.1 Å². The minimum absolute atomic E-state index is 0.156. The lowest BCUT2D eigenvalue weighted by atomic mass is 10.0. The number of aliphatic hydroxyl groups excluding tert-OH is 2. The number of β-amino-alcohol motifs (C(OH)–C–C–N with tert-alkyl or cyclic N) is 2. The van der Waals surface area contributed by atoms with E-state index >= 15 is 0 Å². The lowest BCUT2D eigenvalue weighted by molar-refractivity contribution is 0.0572. The summed E-state index contributed by atoms with van der Waals surface area (Å²) in [5.74, 6) is 1.44. The molecule has 2 aliphatic rings. The number of anilines is 2. The average molecular weight is 502 g/mol. The average Bonchev–Trinajstić information content (AvgIpc) is 3.54. The minimum Gasteiger partial charge on any atom is -0.389 e. The lowest BCUT2D eigenvalue weighted by Crippen LogP contribution is -2.22. The maximum atomic E-state index is 13.0. The van der Waals surface area contributed by atoms with Gasteiger partial charge in [0, 0.05) is 84.5 Å². The van der Waals surface area contributed by atoms with Crippen molar-refractivity contribution >= 4 is 28.3 Å². The largest absolute Gasteiger partial charge is 0.389 e. The number of likely N-dealkylation sites (tertiary alicyclic amines) is 1. The number of carbonyl (C=O) groups is 1. The highest BCUT2D eigenvalue weighted by atomic mass is 16.3. The minimum atomic E-state index is -0.715. The predicted octanol–water partition coefficient (Wildman–Crippen LogP) is 2.64.